The smallest absolute Gasteiger partial charge is 0.258 e. The van der Waals surface area contributed by atoms with Gasteiger partial charge in [0.25, 0.3) is 5.91 Å². The molecular weight excluding hydrogens is 378 g/mol. The Morgan fingerprint density at radius 3 is 2.40 bits per heavy atom. The predicted molar refractivity (Wildman–Crippen MR) is 115 cm³/mol. The van der Waals surface area contributed by atoms with Crippen LogP contribution < -0.4 is 9.80 Å². The molecule has 30 heavy (non-hydrogen) atoms. The number of carbonyl (C=O) groups is 1. The number of nitrogens with one attached hydrogen (secondary N) is 2. The molecular formula is C24H33N3O3+2. The van der Waals surface area contributed by atoms with Crippen LogP contribution in [0.3, 0.4) is 0 Å². The molecule has 2 aliphatic rings. The Labute approximate surface area is 178 Å². The lowest BCUT2D eigenvalue weighted by Crippen LogP contribution is -3.26. The normalized spacial score (nSPS) is 21.1. The topological polar surface area (TPSA) is 69.7 Å². The average molecular weight is 412 g/mol. The van der Waals surface area contributed by atoms with Gasteiger partial charge in [0.15, 0.2) is 0 Å². The van der Waals surface area contributed by atoms with Gasteiger partial charge in [0.2, 0.25) is 0 Å². The monoisotopic (exact) mass is 411 g/mol. The van der Waals surface area contributed by atoms with E-state index < -0.39 is 0 Å². The number of likely N-dealkylation sites (N-methyl/N-ethyl adjacent to an activating group) is 1. The summed E-state index contributed by atoms with van der Waals surface area (Å²) in [6.07, 6.45) is 0. The molecule has 0 radical (unpaired) electrons. The molecule has 0 spiro atoms. The molecule has 0 bridgehead atoms. The summed E-state index contributed by atoms with van der Waals surface area (Å²) in [7, 11) is 2.26. The van der Waals surface area contributed by atoms with Crippen molar-refractivity contribution in [2.24, 2.45) is 0 Å². The lowest BCUT2D eigenvalue weighted by Gasteiger charge is -2.27. The highest BCUT2D eigenvalue weighted by Crippen LogP contribution is 2.34. The largest absolute Gasteiger partial charge is 0.508 e. The number of phenols is 2. The fourth-order valence-corrected chi connectivity index (χ4v) is 4.60. The van der Waals surface area contributed by atoms with Gasteiger partial charge in [0.1, 0.15) is 44.2 Å². The molecule has 0 aliphatic carbocycles. The maximum absolute atomic E-state index is 13.1. The summed E-state index contributed by atoms with van der Waals surface area (Å²) < 4.78 is 0. The summed E-state index contributed by atoms with van der Waals surface area (Å²) in [5, 5.41) is 20.3. The summed E-state index contributed by atoms with van der Waals surface area (Å²) in [6, 6.07) is 9.50. The minimum Gasteiger partial charge on any atom is -0.508 e. The molecule has 2 aromatic carbocycles. The first-order valence-electron chi connectivity index (χ1n) is 10.9. The van der Waals surface area contributed by atoms with E-state index in [0.29, 0.717) is 18.7 Å². The summed E-state index contributed by atoms with van der Waals surface area (Å²) >= 11 is 0. The number of piperazine rings is 1. The quantitative estimate of drug-likeness (QED) is 0.585. The summed E-state index contributed by atoms with van der Waals surface area (Å²) in [6.45, 7) is 10.9. The second-order valence-corrected chi connectivity index (χ2v) is 9.23. The molecule has 0 saturated carbocycles. The van der Waals surface area contributed by atoms with Crippen molar-refractivity contribution in [1.29, 1.82) is 0 Å². The first kappa shape index (κ1) is 20.7. The first-order valence-corrected chi connectivity index (χ1v) is 10.9. The minimum absolute atomic E-state index is 0.0291. The van der Waals surface area contributed by atoms with E-state index >= 15 is 0 Å². The molecule has 2 aliphatic heterocycles. The van der Waals surface area contributed by atoms with E-state index in [1.807, 2.05) is 13.8 Å². The van der Waals surface area contributed by atoms with Crippen LogP contribution in [-0.4, -0.2) is 54.2 Å². The van der Waals surface area contributed by atoms with Gasteiger partial charge in [-0.25, -0.2) is 0 Å². The van der Waals surface area contributed by atoms with Crippen LogP contribution in [0.1, 0.15) is 52.4 Å². The number of hydrogen-bond acceptors (Lipinski definition) is 3. The molecule has 1 saturated heterocycles. The molecule has 4 N–H and O–H groups in total. The lowest BCUT2D eigenvalue weighted by atomic mass is 9.98. The highest BCUT2D eigenvalue weighted by atomic mass is 16.3. The molecule has 1 amide bonds. The van der Waals surface area contributed by atoms with Crippen LogP contribution in [0.5, 0.6) is 11.5 Å². The van der Waals surface area contributed by atoms with Crippen LogP contribution in [0, 0.1) is 0 Å². The van der Waals surface area contributed by atoms with E-state index in [0.717, 1.165) is 6.54 Å². The Morgan fingerprint density at radius 1 is 1.00 bits per heavy atom. The van der Waals surface area contributed by atoms with E-state index in [4.69, 9.17) is 0 Å². The van der Waals surface area contributed by atoms with E-state index in [2.05, 4.69) is 25.2 Å². The van der Waals surface area contributed by atoms with Crippen molar-refractivity contribution in [1.82, 2.24) is 4.90 Å². The predicted octanol–water partition coefficient (Wildman–Crippen LogP) is 0.290. The highest BCUT2D eigenvalue weighted by Gasteiger charge is 2.28. The van der Waals surface area contributed by atoms with Crippen molar-refractivity contribution in [3.8, 4) is 11.5 Å². The van der Waals surface area contributed by atoms with Crippen molar-refractivity contribution in [3.05, 3.63) is 58.1 Å². The Bertz CT molecular complexity index is 949. The van der Waals surface area contributed by atoms with Gasteiger partial charge in [-0.05, 0) is 34.7 Å². The molecule has 6 heteroatoms. The van der Waals surface area contributed by atoms with Crippen molar-refractivity contribution in [3.63, 3.8) is 0 Å². The molecule has 0 unspecified atom stereocenters. The zero-order valence-corrected chi connectivity index (χ0v) is 18.2. The molecule has 2 heterocycles. The van der Waals surface area contributed by atoms with Gasteiger partial charge in [0, 0.05) is 24.7 Å². The van der Waals surface area contributed by atoms with Gasteiger partial charge in [0.05, 0.1) is 12.6 Å². The maximum atomic E-state index is 13.1. The van der Waals surface area contributed by atoms with Crippen molar-refractivity contribution >= 4 is 5.91 Å². The lowest BCUT2D eigenvalue weighted by molar-refractivity contribution is -1.01. The van der Waals surface area contributed by atoms with Gasteiger partial charge in [-0.15, -0.1) is 0 Å². The van der Waals surface area contributed by atoms with Crippen LogP contribution in [0.15, 0.2) is 30.3 Å². The molecule has 0 atom stereocenters. The molecule has 4 rings (SSSR count). The summed E-state index contributed by atoms with van der Waals surface area (Å²) in [5.74, 6) is -0.269. The maximum Gasteiger partial charge on any atom is 0.258 e. The molecule has 6 nitrogen and oxygen atoms in total. The fourth-order valence-electron chi connectivity index (χ4n) is 4.60. The number of aromatic hydroxyl groups is 2. The summed E-state index contributed by atoms with van der Waals surface area (Å²) in [5.41, 5.74) is 4.63. The fraction of sp³-hybridized carbons (Fsp3) is 0.458. The SMILES string of the molecule is CC(C)c1cc(C(=O)N2Cc3ccc(C[NH+]4CC[NH+](C)CC4)cc3C2)c(O)cc1O. The number of phenolic OH excluding ortho intramolecular Hbond substituents is 2. The van der Waals surface area contributed by atoms with Gasteiger partial charge >= 0.3 is 0 Å². The van der Waals surface area contributed by atoms with Gasteiger partial charge in [-0.3, -0.25) is 4.79 Å². The van der Waals surface area contributed by atoms with Crippen LogP contribution in [-0.2, 0) is 19.6 Å². The third kappa shape index (κ3) is 4.16. The highest BCUT2D eigenvalue weighted by molar-refractivity contribution is 5.97. The van der Waals surface area contributed by atoms with Crippen molar-refractivity contribution < 1.29 is 24.8 Å². The zero-order chi connectivity index (χ0) is 21.4. The molecule has 0 aromatic heterocycles. The number of hydrogen-bond donors (Lipinski definition) is 4. The van der Waals surface area contributed by atoms with E-state index in [1.54, 1.807) is 20.8 Å². The van der Waals surface area contributed by atoms with Crippen LogP contribution in [0.4, 0.5) is 0 Å². The molecule has 1 fully saturated rings. The van der Waals surface area contributed by atoms with E-state index in [-0.39, 0.29) is 28.9 Å². The second-order valence-electron chi connectivity index (χ2n) is 9.23. The Morgan fingerprint density at radius 2 is 1.70 bits per heavy atom. The molecule has 160 valence electrons. The second kappa shape index (κ2) is 8.28. The van der Waals surface area contributed by atoms with Gasteiger partial charge in [-0.2, -0.15) is 0 Å². The zero-order valence-electron chi connectivity index (χ0n) is 18.2. The number of amides is 1. The number of quaternary nitrogens is 2. The van der Waals surface area contributed by atoms with Crippen LogP contribution in [0.25, 0.3) is 0 Å². The van der Waals surface area contributed by atoms with Crippen molar-refractivity contribution in [2.45, 2.75) is 39.4 Å². The number of fused-ring (bicyclic) bond motifs is 1. The summed E-state index contributed by atoms with van der Waals surface area (Å²) in [4.78, 5) is 18.1. The Hall–Kier alpha value is -2.57. The number of benzene rings is 2. The van der Waals surface area contributed by atoms with E-state index in [1.165, 1.54) is 48.9 Å². The van der Waals surface area contributed by atoms with Gasteiger partial charge in [-0.1, -0.05) is 26.0 Å². The number of nitrogens with zero attached hydrogens (tertiary/aromatic N) is 1. The number of rotatable bonds is 4. The third-order valence-corrected chi connectivity index (χ3v) is 6.54. The molecule has 2 aromatic rings. The van der Waals surface area contributed by atoms with E-state index in [9.17, 15) is 15.0 Å². The number of carbonyl (C=O) groups excluding carboxylic acids is 1. The minimum atomic E-state index is -0.195. The third-order valence-electron chi connectivity index (χ3n) is 6.54. The Kier molecular flexibility index (Phi) is 5.71. The van der Waals surface area contributed by atoms with Crippen LogP contribution >= 0.6 is 0 Å². The first-order chi connectivity index (χ1) is 14.3. The van der Waals surface area contributed by atoms with Crippen LogP contribution in [0.2, 0.25) is 0 Å². The average Bonchev–Trinajstić information content (AvgIpc) is 3.12. The standard InChI is InChI=1S/C24H31N3O3/c1-16(2)20-11-21(23(29)12-22(20)28)24(30)27-14-18-5-4-17(10-19(18)15-27)13-26-8-6-25(3)7-9-26/h4-5,10-12,16,28-29H,6-9,13-15H2,1-3H3/p+2. The Balaban J connectivity index is 1.48. The van der Waals surface area contributed by atoms with Gasteiger partial charge < -0.3 is 24.9 Å². The van der Waals surface area contributed by atoms with Crippen molar-refractivity contribution in [2.75, 3.05) is 33.2 Å².